The zero-order valence-electron chi connectivity index (χ0n) is 9.88. The average Bonchev–Trinajstić information content (AvgIpc) is 2.53. The van der Waals surface area contributed by atoms with Gasteiger partial charge in [-0.1, -0.05) is 0 Å². The maximum absolute atomic E-state index is 10.8. The summed E-state index contributed by atoms with van der Waals surface area (Å²) in [6, 6.07) is 0. The van der Waals surface area contributed by atoms with Crippen LogP contribution in [0.25, 0.3) is 0 Å². The van der Waals surface area contributed by atoms with Gasteiger partial charge in [-0.25, -0.2) is 0 Å². The van der Waals surface area contributed by atoms with Gasteiger partial charge in [-0.15, -0.1) is 0 Å². The molecule has 4 heteroatoms. The number of likely N-dealkylation sites (tertiary alicyclic amines) is 1. The van der Waals surface area contributed by atoms with E-state index in [1.165, 1.54) is 25.9 Å². The van der Waals surface area contributed by atoms with Crippen molar-refractivity contribution in [3.8, 4) is 0 Å². The van der Waals surface area contributed by atoms with E-state index >= 15 is 0 Å². The van der Waals surface area contributed by atoms with Crippen molar-refractivity contribution >= 4 is 5.91 Å². The van der Waals surface area contributed by atoms with Crippen molar-refractivity contribution in [2.75, 3.05) is 26.2 Å². The Balaban J connectivity index is 2.14. The molecule has 0 radical (unpaired) electrons. The summed E-state index contributed by atoms with van der Waals surface area (Å²) in [7, 11) is 0. The maximum Gasteiger partial charge on any atom is 0.219 e. The molecule has 0 aromatic rings. The number of hydrogen-bond donors (Lipinski definition) is 2. The lowest BCUT2D eigenvalue weighted by molar-refractivity contribution is -0.119. The first-order chi connectivity index (χ1) is 6.99. The van der Waals surface area contributed by atoms with Gasteiger partial charge in [-0.2, -0.15) is 0 Å². The van der Waals surface area contributed by atoms with Crippen LogP contribution in [0.2, 0.25) is 0 Å². The lowest BCUT2D eigenvalue weighted by Gasteiger charge is -2.26. The minimum atomic E-state index is -0.242. The van der Waals surface area contributed by atoms with Gasteiger partial charge in [0.25, 0.3) is 0 Å². The topological polar surface area (TPSA) is 58.4 Å². The Kier molecular flexibility index (Phi) is 4.54. The van der Waals surface area contributed by atoms with Crippen molar-refractivity contribution in [3.63, 3.8) is 0 Å². The van der Waals surface area contributed by atoms with Crippen molar-refractivity contribution in [1.82, 2.24) is 10.2 Å². The molecule has 0 aromatic heterocycles. The standard InChI is InChI=1S/C11H23N3O/c1-11(2,9-10(12)15)13-5-8-14-6-3-4-7-14/h13H,3-9H2,1-2H3,(H2,12,15). The zero-order valence-corrected chi connectivity index (χ0v) is 9.88. The molecule has 0 aliphatic carbocycles. The van der Waals surface area contributed by atoms with Crippen LogP contribution in [0.1, 0.15) is 33.1 Å². The first-order valence-corrected chi connectivity index (χ1v) is 5.75. The lowest BCUT2D eigenvalue weighted by atomic mass is 10.0. The van der Waals surface area contributed by atoms with E-state index in [-0.39, 0.29) is 11.4 Å². The van der Waals surface area contributed by atoms with Crippen molar-refractivity contribution in [2.45, 2.75) is 38.6 Å². The third kappa shape index (κ3) is 5.14. The van der Waals surface area contributed by atoms with Crippen molar-refractivity contribution < 1.29 is 4.79 Å². The molecule has 4 nitrogen and oxygen atoms in total. The van der Waals surface area contributed by atoms with Gasteiger partial charge < -0.3 is 16.0 Å². The molecule has 0 saturated carbocycles. The summed E-state index contributed by atoms with van der Waals surface area (Å²) in [5.41, 5.74) is 5.01. The average molecular weight is 213 g/mol. The molecule has 0 spiro atoms. The van der Waals surface area contributed by atoms with E-state index in [4.69, 9.17) is 5.73 Å². The second-order valence-electron chi connectivity index (χ2n) is 5.00. The van der Waals surface area contributed by atoms with E-state index < -0.39 is 0 Å². The molecule has 1 saturated heterocycles. The van der Waals surface area contributed by atoms with E-state index in [0.29, 0.717) is 6.42 Å². The van der Waals surface area contributed by atoms with Crippen LogP contribution in [0.15, 0.2) is 0 Å². The smallest absolute Gasteiger partial charge is 0.219 e. The van der Waals surface area contributed by atoms with Crippen LogP contribution in [0.3, 0.4) is 0 Å². The quantitative estimate of drug-likeness (QED) is 0.668. The van der Waals surface area contributed by atoms with E-state index in [1.54, 1.807) is 0 Å². The molecule has 0 aromatic carbocycles. The largest absolute Gasteiger partial charge is 0.370 e. The number of nitrogens with two attached hydrogens (primary N) is 1. The van der Waals surface area contributed by atoms with Gasteiger partial charge in [-0.05, 0) is 39.8 Å². The Bertz CT molecular complexity index is 210. The van der Waals surface area contributed by atoms with E-state index in [0.717, 1.165) is 13.1 Å². The van der Waals surface area contributed by atoms with Crippen LogP contribution in [-0.2, 0) is 4.79 Å². The highest BCUT2D eigenvalue weighted by molar-refractivity contribution is 5.74. The van der Waals surface area contributed by atoms with E-state index in [2.05, 4.69) is 10.2 Å². The molecule has 1 rings (SSSR count). The van der Waals surface area contributed by atoms with Gasteiger partial charge in [0.05, 0.1) is 0 Å². The second-order valence-corrected chi connectivity index (χ2v) is 5.00. The number of nitrogens with zero attached hydrogens (tertiary/aromatic N) is 1. The van der Waals surface area contributed by atoms with E-state index in [9.17, 15) is 4.79 Å². The number of carbonyl (C=O) groups excluding carboxylic acids is 1. The van der Waals surface area contributed by atoms with Crippen LogP contribution in [0.5, 0.6) is 0 Å². The van der Waals surface area contributed by atoms with Gasteiger partial charge in [0, 0.05) is 25.0 Å². The SMILES string of the molecule is CC(C)(CC(N)=O)NCCN1CCCC1. The van der Waals surface area contributed by atoms with Crippen molar-refractivity contribution in [2.24, 2.45) is 5.73 Å². The van der Waals surface area contributed by atoms with Crippen LogP contribution in [0, 0.1) is 0 Å². The third-order valence-corrected chi connectivity index (χ3v) is 2.85. The van der Waals surface area contributed by atoms with Gasteiger partial charge in [0.15, 0.2) is 0 Å². The summed E-state index contributed by atoms with van der Waals surface area (Å²) < 4.78 is 0. The summed E-state index contributed by atoms with van der Waals surface area (Å²) in [5, 5.41) is 3.37. The number of rotatable bonds is 6. The predicted octanol–water partition coefficient (Wildman–Crippen LogP) is 0.326. The Labute approximate surface area is 92.2 Å². The molecule has 0 bridgehead atoms. The summed E-state index contributed by atoms with van der Waals surface area (Å²) >= 11 is 0. The molecule has 15 heavy (non-hydrogen) atoms. The number of carbonyl (C=O) groups is 1. The molecule has 0 atom stereocenters. The number of primary amides is 1. The monoisotopic (exact) mass is 213 g/mol. The second kappa shape index (κ2) is 5.47. The molecular formula is C11H23N3O. The van der Waals surface area contributed by atoms with Crippen LogP contribution >= 0.6 is 0 Å². The molecule has 88 valence electrons. The maximum atomic E-state index is 10.8. The summed E-state index contributed by atoms with van der Waals surface area (Å²) in [6.45, 7) is 8.47. The van der Waals surface area contributed by atoms with Crippen LogP contribution in [0.4, 0.5) is 0 Å². The summed E-state index contributed by atoms with van der Waals surface area (Å²) in [5.74, 6) is -0.242. The van der Waals surface area contributed by atoms with Gasteiger partial charge in [-0.3, -0.25) is 4.79 Å². The van der Waals surface area contributed by atoms with E-state index in [1.807, 2.05) is 13.8 Å². The molecule has 1 aliphatic heterocycles. The summed E-state index contributed by atoms with van der Waals surface area (Å²) in [4.78, 5) is 13.3. The minimum Gasteiger partial charge on any atom is -0.370 e. The van der Waals surface area contributed by atoms with Gasteiger partial charge >= 0.3 is 0 Å². The highest BCUT2D eigenvalue weighted by Crippen LogP contribution is 2.08. The van der Waals surface area contributed by atoms with Gasteiger partial charge in [0.1, 0.15) is 0 Å². The minimum absolute atomic E-state index is 0.175. The Morgan fingerprint density at radius 2 is 2.00 bits per heavy atom. The molecule has 0 unspecified atom stereocenters. The number of nitrogens with one attached hydrogen (secondary N) is 1. The zero-order chi connectivity index (χ0) is 11.3. The summed E-state index contributed by atoms with van der Waals surface area (Å²) in [6.07, 6.45) is 3.04. The molecule has 1 fully saturated rings. The third-order valence-electron chi connectivity index (χ3n) is 2.85. The fourth-order valence-corrected chi connectivity index (χ4v) is 2.06. The normalized spacial score (nSPS) is 18.3. The first-order valence-electron chi connectivity index (χ1n) is 5.75. The van der Waals surface area contributed by atoms with Gasteiger partial charge in [0.2, 0.25) is 5.91 Å². The fraction of sp³-hybridized carbons (Fsp3) is 0.909. The fourth-order valence-electron chi connectivity index (χ4n) is 2.06. The molecule has 1 heterocycles. The molecule has 1 aliphatic rings. The first kappa shape index (κ1) is 12.5. The molecule has 1 amide bonds. The molecule has 3 N–H and O–H groups in total. The highest BCUT2D eigenvalue weighted by atomic mass is 16.1. The lowest BCUT2D eigenvalue weighted by Crippen LogP contribution is -2.45. The van der Waals surface area contributed by atoms with Crippen molar-refractivity contribution in [1.29, 1.82) is 0 Å². The molecular weight excluding hydrogens is 190 g/mol. The Morgan fingerprint density at radius 1 is 1.40 bits per heavy atom. The Morgan fingerprint density at radius 3 is 2.53 bits per heavy atom. The van der Waals surface area contributed by atoms with Crippen molar-refractivity contribution in [3.05, 3.63) is 0 Å². The number of hydrogen-bond acceptors (Lipinski definition) is 3. The van der Waals surface area contributed by atoms with Crippen LogP contribution in [-0.4, -0.2) is 42.5 Å². The highest BCUT2D eigenvalue weighted by Gasteiger charge is 2.20. The number of amides is 1. The predicted molar refractivity (Wildman–Crippen MR) is 61.6 cm³/mol. The van der Waals surface area contributed by atoms with Crippen LogP contribution < -0.4 is 11.1 Å². The Hall–Kier alpha value is -0.610.